The van der Waals surface area contributed by atoms with Gasteiger partial charge in [0.25, 0.3) is 5.91 Å². The first kappa shape index (κ1) is 23.9. The van der Waals surface area contributed by atoms with Crippen molar-refractivity contribution < 1.29 is 14.3 Å². The number of imidazole rings is 1. The Morgan fingerprint density at radius 3 is 2.50 bits per heavy atom. The summed E-state index contributed by atoms with van der Waals surface area (Å²) in [5, 5.41) is 3.14. The molecule has 3 aromatic carbocycles. The van der Waals surface area contributed by atoms with Crippen LogP contribution in [0, 0.1) is 0 Å². The molecule has 6 heteroatoms. The smallest absolute Gasteiger partial charge is 0.273 e. The number of rotatable bonds is 7. The minimum absolute atomic E-state index is 0.152. The molecular weight excluding hydrogens is 474 g/mol. The molecule has 6 rings (SSSR count). The van der Waals surface area contributed by atoms with Crippen LogP contribution in [0.2, 0.25) is 0 Å². The first-order valence-corrected chi connectivity index (χ1v) is 13.2. The number of anilines is 1. The van der Waals surface area contributed by atoms with Gasteiger partial charge in [0.05, 0.1) is 19.4 Å². The largest absolute Gasteiger partial charge is 0.497 e. The number of carbonyl (C=O) groups is 1. The van der Waals surface area contributed by atoms with Gasteiger partial charge in [0.15, 0.2) is 0 Å². The van der Waals surface area contributed by atoms with Gasteiger partial charge in [0.1, 0.15) is 22.8 Å². The summed E-state index contributed by atoms with van der Waals surface area (Å²) >= 11 is 0. The van der Waals surface area contributed by atoms with E-state index >= 15 is 0 Å². The third kappa shape index (κ3) is 4.22. The third-order valence-electron chi connectivity index (χ3n) is 7.20. The fourth-order valence-electron chi connectivity index (χ4n) is 5.53. The maximum absolute atomic E-state index is 14.1. The van der Waals surface area contributed by atoms with Crippen molar-refractivity contribution in [1.29, 1.82) is 0 Å². The van der Waals surface area contributed by atoms with E-state index in [1.165, 1.54) is 5.56 Å². The van der Waals surface area contributed by atoms with Crippen LogP contribution in [0.15, 0.2) is 85.1 Å². The normalized spacial score (nSPS) is 12.8. The monoisotopic (exact) mass is 505 g/mol. The van der Waals surface area contributed by atoms with E-state index in [1.807, 2.05) is 49.4 Å². The fraction of sp³-hybridized carbons (Fsp3) is 0.219. The summed E-state index contributed by atoms with van der Waals surface area (Å²) < 4.78 is 15.6. The highest BCUT2D eigenvalue weighted by Gasteiger charge is 2.29. The van der Waals surface area contributed by atoms with Crippen LogP contribution in [0.1, 0.15) is 35.8 Å². The topological polar surface area (TPSA) is 56.9 Å². The number of hydrogen-bond donors (Lipinski definition) is 1. The van der Waals surface area contributed by atoms with E-state index in [0.29, 0.717) is 23.7 Å². The number of nitrogens with zero attached hydrogens (tertiary/aromatic N) is 2. The molecule has 0 radical (unpaired) electrons. The van der Waals surface area contributed by atoms with Gasteiger partial charge in [0.2, 0.25) is 0 Å². The maximum atomic E-state index is 14.1. The SMILES string of the molecule is CCOc1ccc(-c2c3c4n(c(-c5ccccc5)cn4c2C(=O)Nc2cccc(OC)c2)CCCC3)cc1. The van der Waals surface area contributed by atoms with Gasteiger partial charge in [-0.3, -0.25) is 9.20 Å². The van der Waals surface area contributed by atoms with E-state index in [2.05, 4.69) is 56.9 Å². The van der Waals surface area contributed by atoms with Crippen molar-refractivity contribution in [1.82, 2.24) is 8.97 Å². The molecule has 1 aliphatic heterocycles. The van der Waals surface area contributed by atoms with Crippen molar-refractivity contribution in [2.75, 3.05) is 19.0 Å². The van der Waals surface area contributed by atoms with Crippen LogP contribution in [0.4, 0.5) is 5.69 Å². The number of hydrogen-bond acceptors (Lipinski definition) is 3. The predicted octanol–water partition coefficient (Wildman–Crippen LogP) is 7.07. The zero-order valence-electron chi connectivity index (χ0n) is 21.7. The summed E-state index contributed by atoms with van der Waals surface area (Å²) in [6.07, 6.45) is 5.19. The highest BCUT2D eigenvalue weighted by Crippen LogP contribution is 2.40. The van der Waals surface area contributed by atoms with E-state index < -0.39 is 0 Å². The third-order valence-corrected chi connectivity index (χ3v) is 7.20. The Morgan fingerprint density at radius 1 is 0.921 bits per heavy atom. The van der Waals surface area contributed by atoms with Gasteiger partial charge < -0.3 is 19.4 Å². The predicted molar refractivity (Wildman–Crippen MR) is 151 cm³/mol. The van der Waals surface area contributed by atoms with Crippen LogP contribution >= 0.6 is 0 Å². The van der Waals surface area contributed by atoms with E-state index in [4.69, 9.17) is 9.47 Å². The van der Waals surface area contributed by atoms with Crippen LogP contribution in [0.25, 0.3) is 28.0 Å². The summed E-state index contributed by atoms with van der Waals surface area (Å²) in [5.41, 5.74) is 7.91. The van der Waals surface area contributed by atoms with Crippen molar-refractivity contribution >= 4 is 17.2 Å². The first-order valence-electron chi connectivity index (χ1n) is 13.2. The Hall–Kier alpha value is -4.45. The highest BCUT2D eigenvalue weighted by molar-refractivity contribution is 6.10. The van der Waals surface area contributed by atoms with Gasteiger partial charge in [-0.25, -0.2) is 0 Å². The quantitative estimate of drug-likeness (QED) is 0.257. The molecule has 1 amide bonds. The molecule has 3 heterocycles. The number of amides is 1. The maximum Gasteiger partial charge on any atom is 0.273 e. The molecule has 0 spiro atoms. The highest BCUT2D eigenvalue weighted by atomic mass is 16.5. The summed E-state index contributed by atoms with van der Waals surface area (Å²) in [6.45, 7) is 3.50. The Kier molecular flexibility index (Phi) is 6.38. The molecule has 0 saturated carbocycles. The zero-order valence-corrected chi connectivity index (χ0v) is 21.7. The second-order valence-electron chi connectivity index (χ2n) is 9.53. The number of ether oxygens (including phenoxy) is 2. The average molecular weight is 506 g/mol. The van der Waals surface area contributed by atoms with Crippen LogP contribution in [0.3, 0.4) is 0 Å². The number of aryl methyl sites for hydroxylation is 2. The molecule has 38 heavy (non-hydrogen) atoms. The van der Waals surface area contributed by atoms with Crippen LogP contribution in [-0.2, 0) is 13.0 Å². The molecule has 0 fully saturated rings. The van der Waals surface area contributed by atoms with Crippen molar-refractivity contribution in [3.8, 4) is 33.9 Å². The van der Waals surface area contributed by atoms with Gasteiger partial charge in [0, 0.05) is 35.6 Å². The Bertz CT molecular complexity index is 1600. The molecule has 6 nitrogen and oxygen atoms in total. The van der Waals surface area contributed by atoms with Crippen molar-refractivity contribution in [2.45, 2.75) is 32.7 Å². The second-order valence-corrected chi connectivity index (χ2v) is 9.53. The van der Waals surface area contributed by atoms with Gasteiger partial charge in [-0.2, -0.15) is 0 Å². The number of methoxy groups -OCH3 is 1. The average Bonchev–Trinajstić information content (AvgIpc) is 3.37. The lowest BCUT2D eigenvalue weighted by molar-refractivity contribution is 0.102. The van der Waals surface area contributed by atoms with Crippen LogP contribution in [-0.4, -0.2) is 28.6 Å². The van der Waals surface area contributed by atoms with E-state index in [9.17, 15) is 4.79 Å². The number of nitrogens with one attached hydrogen (secondary N) is 1. The van der Waals surface area contributed by atoms with Crippen molar-refractivity contribution in [3.63, 3.8) is 0 Å². The zero-order chi connectivity index (χ0) is 26.1. The first-order chi connectivity index (χ1) is 18.7. The molecule has 2 aromatic heterocycles. The van der Waals surface area contributed by atoms with Gasteiger partial charge in [-0.05, 0) is 61.6 Å². The number of carbonyl (C=O) groups excluding carboxylic acids is 1. The molecule has 0 saturated heterocycles. The lowest BCUT2D eigenvalue weighted by Gasteiger charge is -2.11. The lowest BCUT2D eigenvalue weighted by atomic mass is 9.97. The van der Waals surface area contributed by atoms with Gasteiger partial charge in [-0.1, -0.05) is 48.5 Å². The number of benzene rings is 3. The Balaban J connectivity index is 1.56. The minimum atomic E-state index is -0.152. The molecule has 192 valence electrons. The molecule has 0 atom stereocenters. The summed E-state index contributed by atoms with van der Waals surface area (Å²) in [5.74, 6) is 1.37. The molecule has 5 aromatic rings. The lowest BCUT2D eigenvalue weighted by Crippen LogP contribution is -2.15. The Labute approximate surface area is 222 Å². The van der Waals surface area contributed by atoms with Crippen molar-refractivity contribution in [2.24, 2.45) is 0 Å². The molecule has 1 aliphatic rings. The van der Waals surface area contributed by atoms with E-state index in [0.717, 1.165) is 59.6 Å². The second kappa shape index (κ2) is 10.1. The van der Waals surface area contributed by atoms with Crippen LogP contribution < -0.4 is 14.8 Å². The van der Waals surface area contributed by atoms with E-state index in [-0.39, 0.29) is 5.91 Å². The Morgan fingerprint density at radius 2 is 1.74 bits per heavy atom. The van der Waals surface area contributed by atoms with E-state index in [1.54, 1.807) is 7.11 Å². The summed E-state index contributed by atoms with van der Waals surface area (Å²) in [4.78, 5) is 14.1. The minimum Gasteiger partial charge on any atom is -0.497 e. The molecule has 0 unspecified atom stereocenters. The number of aromatic nitrogens is 2. The summed E-state index contributed by atoms with van der Waals surface area (Å²) in [6, 6.07) is 26.0. The fourth-order valence-corrected chi connectivity index (χ4v) is 5.53. The molecule has 1 N–H and O–H groups in total. The molecular formula is C32H31N3O3. The van der Waals surface area contributed by atoms with Gasteiger partial charge >= 0.3 is 0 Å². The standard InChI is InChI=1S/C32H31N3O3/c1-3-38-25-17-15-23(16-18-25)29-27-14-7-8-19-34-28(22-10-5-4-6-11-22)21-35(32(27)34)30(29)31(36)33-24-12-9-13-26(20-24)37-2/h4-6,9-13,15-18,20-21H,3,7-8,14,19H2,1-2H3,(H,33,36). The van der Waals surface area contributed by atoms with Crippen molar-refractivity contribution in [3.05, 3.63) is 96.3 Å². The molecule has 0 aliphatic carbocycles. The molecule has 0 bridgehead atoms. The van der Waals surface area contributed by atoms with Gasteiger partial charge in [-0.15, -0.1) is 0 Å². The summed E-state index contributed by atoms with van der Waals surface area (Å²) in [7, 11) is 1.63. The van der Waals surface area contributed by atoms with Crippen LogP contribution in [0.5, 0.6) is 11.5 Å².